The zero-order chi connectivity index (χ0) is 7.15. The van der Waals surface area contributed by atoms with E-state index in [0.717, 1.165) is 0 Å². The number of hydrogen-bond donors (Lipinski definition) is 0. The van der Waals surface area contributed by atoms with Gasteiger partial charge < -0.3 is 0 Å². The van der Waals surface area contributed by atoms with Crippen LogP contribution in [0.1, 0.15) is 0 Å². The first kappa shape index (κ1) is 11.3. The Bertz CT molecular complexity index is 70.0. The summed E-state index contributed by atoms with van der Waals surface area (Å²) in [6.07, 6.45) is 0. The van der Waals surface area contributed by atoms with Gasteiger partial charge in [0.25, 0.3) is 0 Å². The fourth-order valence-corrected chi connectivity index (χ4v) is 0. The van der Waals surface area contributed by atoms with Gasteiger partial charge in [0.05, 0.1) is 0 Å². The van der Waals surface area contributed by atoms with E-state index in [0.29, 0.717) is 0 Å². The van der Waals surface area contributed by atoms with Gasteiger partial charge in [0.1, 0.15) is 0 Å². The number of rotatable bonds is 0. The Labute approximate surface area is 65.6 Å². The van der Waals surface area contributed by atoms with Gasteiger partial charge in [-0.1, -0.05) is 0 Å². The quantitative estimate of drug-likeness (QED) is 0.560. The second kappa shape index (κ2) is 7.50. The summed E-state index contributed by atoms with van der Waals surface area (Å²) in [4.78, 5) is 18.0. The highest BCUT2D eigenvalue weighted by molar-refractivity contribution is 6.94. The number of carbonyl (C=O) groups is 2. The van der Waals surface area contributed by atoms with Gasteiger partial charge in [0, 0.05) is 0 Å². The molecule has 0 aromatic rings. The predicted octanol–water partition coefficient (Wildman–Crippen LogP) is 3.17. The maximum absolute atomic E-state index is 8.98. The van der Waals surface area contributed by atoms with E-state index in [-0.39, 0.29) is 0 Å². The van der Waals surface area contributed by atoms with Crippen LogP contribution in [-0.2, 0) is 0 Å². The summed E-state index contributed by atoms with van der Waals surface area (Å²) in [6, 6.07) is 0. The molecule has 0 aliphatic carbocycles. The molecular weight excluding hydrogens is 198 g/mol. The lowest BCUT2D eigenvalue weighted by molar-refractivity contribution is 0.274. The lowest BCUT2D eigenvalue weighted by Crippen LogP contribution is -1.46. The summed E-state index contributed by atoms with van der Waals surface area (Å²) in [7, 11) is 0. The first-order valence-corrected chi connectivity index (χ1v) is 2.68. The van der Waals surface area contributed by atoms with E-state index in [1.54, 1.807) is 0 Å². The second-order valence-corrected chi connectivity index (χ2v) is 2.21. The van der Waals surface area contributed by atoms with Crippen molar-refractivity contribution in [3.05, 3.63) is 0 Å². The highest BCUT2D eigenvalue weighted by Gasteiger charge is 1.72. The maximum Gasteiger partial charge on any atom is 0.313 e. The van der Waals surface area contributed by atoms with Crippen LogP contribution in [0.4, 0.5) is 9.59 Å². The first-order chi connectivity index (χ1) is 3.46. The predicted molar refractivity (Wildman–Crippen MR) is 34.2 cm³/mol. The topological polar surface area (TPSA) is 34.1 Å². The molecule has 2 nitrogen and oxygen atoms in total. The Balaban J connectivity index is 0. The van der Waals surface area contributed by atoms with Gasteiger partial charge in [0.2, 0.25) is 0 Å². The van der Waals surface area contributed by atoms with Crippen LogP contribution in [-0.4, -0.2) is 9.40 Å². The molecular formula is C2Cl4O2. The number of hydrogen-bond acceptors (Lipinski definition) is 2. The van der Waals surface area contributed by atoms with Crippen molar-refractivity contribution < 1.29 is 9.59 Å². The van der Waals surface area contributed by atoms with Crippen LogP contribution < -0.4 is 0 Å². The van der Waals surface area contributed by atoms with Crippen LogP contribution in [0.5, 0.6) is 0 Å². The van der Waals surface area contributed by atoms with Crippen LogP contribution in [0, 0.1) is 0 Å². The first-order valence-electron chi connectivity index (χ1n) is 1.16. The summed E-state index contributed by atoms with van der Waals surface area (Å²) in [5, 5.41) is 0. The molecule has 0 saturated carbocycles. The van der Waals surface area contributed by atoms with Crippen LogP contribution in [0.2, 0.25) is 0 Å². The standard InChI is InChI=1S/2CCl2O/c2*2-1(3)4. The summed E-state index contributed by atoms with van der Waals surface area (Å²) in [5.41, 5.74) is 0. The molecule has 0 atom stereocenters. The average Bonchev–Trinajstić information content (AvgIpc) is 1.25. The lowest BCUT2D eigenvalue weighted by atomic mass is 11.8. The molecule has 0 radical (unpaired) electrons. The third-order valence-electron chi connectivity index (χ3n) is 0. The monoisotopic (exact) mass is 196 g/mol. The highest BCUT2D eigenvalue weighted by Crippen LogP contribution is 1.84. The van der Waals surface area contributed by atoms with Crippen molar-refractivity contribution in [2.45, 2.75) is 0 Å². The molecule has 6 heteroatoms. The van der Waals surface area contributed by atoms with E-state index in [2.05, 4.69) is 46.4 Å². The van der Waals surface area contributed by atoms with Crippen molar-refractivity contribution in [3.63, 3.8) is 0 Å². The molecule has 48 valence electrons. The molecule has 8 heavy (non-hydrogen) atoms. The largest absolute Gasteiger partial charge is 0.313 e. The fraction of sp³-hybridized carbons (Fsp3) is 0. The van der Waals surface area contributed by atoms with E-state index in [4.69, 9.17) is 9.59 Å². The molecule has 0 aliphatic rings. The van der Waals surface area contributed by atoms with Gasteiger partial charge in [-0.25, -0.2) is 0 Å². The highest BCUT2D eigenvalue weighted by atomic mass is 35.5. The molecule has 0 N–H and O–H groups in total. The minimum absolute atomic E-state index is 0.889. The van der Waals surface area contributed by atoms with Gasteiger partial charge in [-0.2, -0.15) is 0 Å². The summed E-state index contributed by atoms with van der Waals surface area (Å²) < 4.78 is -1.78. The Morgan fingerprint density at radius 3 is 0.750 bits per heavy atom. The summed E-state index contributed by atoms with van der Waals surface area (Å²) in [6.45, 7) is 0. The fourth-order valence-electron chi connectivity index (χ4n) is 0. The second-order valence-electron chi connectivity index (χ2n) is 0.451. The SMILES string of the molecule is O=C(Cl)Cl.O=C(Cl)Cl. The number of carbonyl (C=O) groups excluding carboxylic acids is 2. The van der Waals surface area contributed by atoms with Crippen LogP contribution in [0.25, 0.3) is 0 Å². The van der Waals surface area contributed by atoms with Gasteiger partial charge in [0.15, 0.2) is 0 Å². The van der Waals surface area contributed by atoms with Crippen LogP contribution >= 0.6 is 46.4 Å². The minimum atomic E-state index is -0.889. The number of halogens is 4. The normalized spacial score (nSPS) is 6.50. The molecule has 0 aromatic heterocycles. The van der Waals surface area contributed by atoms with Gasteiger partial charge in [-0.05, 0) is 46.4 Å². The minimum Gasteiger partial charge on any atom is -0.262 e. The molecule has 0 spiro atoms. The molecule has 0 fully saturated rings. The molecule has 0 aromatic carbocycles. The zero-order valence-electron chi connectivity index (χ0n) is 3.33. The zero-order valence-corrected chi connectivity index (χ0v) is 6.35. The smallest absolute Gasteiger partial charge is 0.262 e. The van der Waals surface area contributed by atoms with E-state index >= 15 is 0 Å². The summed E-state index contributed by atoms with van der Waals surface area (Å²) >= 11 is 17.6. The van der Waals surface area contributed by atoms with Crippen molar-refractivity contribution in [1.82, 2.24) is 0 Å². The molecule has 0 saturated heterocycles. The Kier molecular flexibility index (Phi) is 10.6. The van der Waals surface area contributed by atoms with Gasteiger partial charge >= 0.3 is 9.40 Å². The van der Waals surface area contributed by atoms with Crippen LogP contribution in [0.15, 0.2) is 0 Å². The van der Waals surface area contributed by atoms with Crippen molar-refractivity contribution in [3.8, 4) is 0 Å². The van der Waals surface area contributed by atoms with E-state index < -0.39 is 9.40 Å². The van der Waals surface area contributed by atoms with Crippen LogP contribution in [0.3, 0.4) is 0 Å². The maximum atomic E-state index is 8.98. The van der Waals surface area contributed by atoms with Crippen molar-refractivity contribution >= 4 is 55.8 Å². The summed E-state index contributed by atoms with van der Waals surface area (Å²) in [5.74, 6) is 0. The molecule has 0 rings (SSSR count). The Hall–Kier alpha value is 0.500. The van der Waals surface area contributed by atoms with Crippen molar-refractivity contribution in [2.24, 2.45) is 0 Å². The lowest BCUT2D eigenvalue weighted by Gasteiger charge is -1.48. The molecule has 0 amide bonds. The third-order valence-corrected chi connectivity index (χ3v) is 0. The third kappa shape index (κ3) is 787. The molecule has 0 heterocycles. The van der Waals surface area contributed by atoms with E-state index in [9.17, 15) is 0 Å². The molecule has 0 unspecified atom stereocenters. The van der Waals surface area contributed by atoms with Gasteiger partial charge in [-0.15, -0.1) is 0 Å². The van der Waals surface area contributed by atoms with Crippen molar-refractivity contribution in [2.75, 3.05) is 0 Å². The Morgan fingerprint density at radius 1 is 0.750 bits per heavy atom. The van der Waals surface area contributed by atoms with E-state index in [1.807, 2.05) is 0 Å². The molecule has 0 aliphatic heterocycles. The van der Waals surface area contributed by atoms with E-state index in [1.165, 1.54) is 0 Å². The average molecular weight is 198 g/mol. The van der Waals surface area contributed by atoms with Gasteiger partial charge in [-0.3, -0.25) is 9.59 Å². The molecule has 0 bridgehead atoms. The van der Waals surface area contributed by atoms with Crippen molar-refractivity contribution in [1.29, 1.82) is 0 Å². The Morgan fingerprint density at radius 2 is 0.750 bits per heavy atom.